The molecular weight excluding hydrogens is 167 g/mol. The van der Waals surface area contributed by atoms with E-state index in [9.17, 15) is 4.39 Å². The first-order chi connectivity index (χ1) is 6.24. The van der Waals surface area contributed by atoms with Crippen LogP contribution in [0.1, 0.15) is 11.1 Å². The number of aryl methyl sites for hydroxylation is 1. The van der Waals surface area contributed by atoms with Crippen molar-refractivity contribution in [2.75, 3.05) is 6.61 Å². The van der Waals surface area contributed by atoms with Gasteiger partial charge in [0.25, 0.3) is 0 Å². The minimum Gasteiger partial charge on any atom is -0.375 e. The molecule has 1 rings (SSSR count). The lowest BCUT2D eigenvalue weighted by Gasteiger charge is -1.97. The lowest BCUT2D eigenvalue weighted by atomic mass is 10.1. The molecule has 0 aliphatic heterocycles. The van der Waals surface area contributed by atoms with Gasteiger partial charge in [0.05, 0.1) is 13.7 Å². The highest BCUT2D eigenvalue weighted by Crippen LogP contribution is 2.10. The third-order valence-electron chi connectivity index (χ3n) is 1.71. The van der Waals surface area contributed by atoms with Gasteiger partial charge in [-0.2, -0.15) is 0 Å². The van der Waals surface area contributed by atoms with Gasteiger partial charge < -0.3 is 4.74 Å². The van der Waals surface area contributed by atoms with Gasteiger partial charge in [0.1, 0.15) is 5.82 Å². The third kappa shape index (κ3) is 2.99. The zero-order valence-electron chi connectivity index (χ0n) is 7.59. The summed E-state index contributed by atoms with van der Waals surface area (Å²) in [4.78, 5) is 0. The standard InChI is InChI=1S/C11H12FO/c1-9-8-10(4-3-7-13-2)5-6-11(9)12/h3-6,8H,2,7H2,1H3. The van der Waals surface area contributed by atoms with E-state index in [2.05, 4.69) is 11.8 Å². The van der Waals surface area contributed by atoms with Crippen molar-refractivity contribution in [3.8, 4) is 0 Å². The Bertz CT molecular complexity index is 305. The molecule has 1 aromatic rings. The van der Waals surface area contributed by atoms with E-state index < -0.39 is 0 Å². The van der Waals surface area contributed by atoms with Crippen molar-refractivity contribution in [1.29, 1.82) is 0 Å². The summed E-state index contributed by atoms with van der Waals surface area (Å²) >= 11 is 0. The molecule has 0 spiro atoms. The molecular formula is C11H12FO. The molecule has 0 unspecified atom stereocenters. The fourth-order valence-electron chi connectivity index (χ4n) is 1.02. The van der Waals surface area contributed by atoms with Gasteiger partial charge in [0.15, 0.2) is 0 Å². The molecule has 0 saturated carbocycles. The minimum atomic E-state index is -0.175. The van der Waals surface area contributed by atoms with Crippen LogP contribution in [0.2, 0.25) is 0 Å². The van der Waals surface area contributed by atoms with Gasteiger partial charge in [0, 0.05) is 0 Å². The third-order valence-corrected chi connectivity index (χ3v) is 1.71. The summed E-state index contributed by atoms with van der Waals surface area (Å²) in [5.74, 6) is -0.175. The van der Waals surface area contributed by atoms with Crippen LogP contribution >= 0.6 is 0 Å². The van der Waals surface area contributed by atoms with Crippen molar-refractivity contribution in [1.82, 2.24) is 0 Å². The summed E-state index contributed by atoms with van der Waals surface area (Å²) in [6.45, 7) is 2.21. The second-order valence-electron chi connectivity index (χ2n) is 2.78. The van der Waals surface area contributed by atoms with Crippen molar-refractivity contribution in [2.24, 2.45) is 0 Å². The van der Waals surface area contributed by atoms with Crippen LogP contribution in [0.25, 0.3) is 6.08 Å². The van der Waals surface area contributed by atoms with Crippen LogP contribution in [0.4, 0.5) is 4.39 Å². The largest absolute Gasteiger partial charge is 0.375 e. The van der Waals surface area contributed by atoms with Gasteiger partial charge in [-0.05, 0) is 30.2 Å². The Morgan fingerprint density at radius 3 is 2.92 bits per heavy atom. The summed E-state index contributed by atoms with van der Waals surface area (Å²) in [5.41, 5.74) is 1.62. The van der Waals surface area contributed by atoms with Crippen LogP contribution in [0.3, 0.4) is 0 Å². The van der Waals surface area contributed by atoms with Crippen LogP contribution < -0.4 is 0 Å². The van der Waals surface area contributed by atoms with Gasteiger partial charge in [-0.1, -0.05) is 18.2 Å². The van der Waals surface area contributed by atoms with E-state index in [4.69, 9.17) is 0 Å². The van der Waals surface area contributed by atoms with Crippen molar-refractivity contribution in [3.63, 3.8) is 0 Å². The highest BCUT2D eigenvalue weighted by atomic mass is 19.1. The molecule has 1 nitrogen and oxygen atoms in total. The van der Waals surface area contributed by atoms with Gasteiger partial charge in [-0.15, -0.1) is 0 Å². The zero-order chi connectivity index (χ0) is 9.68. The van der Waals surface area contributed by atoms with Gasteiger partial charge in [-0.3, -0.25) is 0 Å². The summed E-state index contributed by atoms with van der Waals surface area (Å²) in [6.07, 6.45) is 3.71. The molecule has 13 heavy (non-hydrogen) atoms. The van der Waals surface area contributed by atoms with Crippen molar-refractivity contribution in [2.45, 2.75) is 6.92 Å². The molecule has 69 valence electrons. The number of ether oxygens (including phenoxy) is 1. The summed E-state index contributed by atoms with van der Waals surface area (Å²) in [7, 11) is 3.24. The molecule has 2 heteroatoms. The van der Waals surface area contributed by atoms with E-state index in [1.165, 1.54) is 6.07 Å². The maximum Gasteiger partial charge on any atom is 0.126 e. The Morgan fingerprint density at radius 1 is 1.54 bits per heavy atom. The van der Waals surface area contributed by atoms with E-state index in [-0.39, 0.29) is 5.82 Å². The fraction of sp³-hybridized carbons (Fsp3) is 0.182. The molecule has 0 N–H and O–H groups in total. The second kappa shape index (κ2) is 4.77. The molecule has 0 bridgehead atoms. The molecule has 0 heterocycles. The highest BCUT2D eigenvalue weighted by molar-refractivity contribution is 5.50. The minimum absolute atomic E-state index is 0.175. The molecule has 1 aromatic carbocycles. The highest BCUT2D eigenvalue weighted by Gasteiger charge is 1.95. The van der Waals surface area contributed by atoms with E-state index in [0.717, 1.165) is 5.56 Å². The maximum atomic E-state index is 12.8. The Labute approximate surface area is 77.8 Å². The molecule has 0 aliphatic carbocycles. The average Bonchev–Trinajstić information content (AvgIpc) is 2.12. The molecule has 1 radical (unpaired) electrons. The van der Waals surface area contributed by atoms with Gasteiger partial charge >= 0.3 is 0 Å². The number of benzene rings is 1. The van der Waals surface area contributed by atoms with E-state index >= 15 is 0 Å². The number of hydrogen-bond donors (Lipinski definition) is 0. The predicted molar refractivity (Wildman–Crippen MR) is 51.5 cm³/mol. The SMILES string of the molecule is [CH2]OCC=Cc1ccc(F)c(C)c1. The van der Waals surface area contributed by atoms with Crippen LogP contribution in [0, 0.1) is 19.9 Å². The average molecular weight is 179 g/mol. The molecule has 0 amide bonds. The van der Waals surface area contributed by atoms with E-state index in [0.29, 0.717) is 12.2 Å². The molecule has 0 saturated heterocycles. The topological polar surface area (TPSA) is 9.23 Å². The summed E-state index contributed by atoms with van der Waals surface area (Å²) in [5, 5.41) is 0. The van der Waals surface area contributed by atoms with Gasteiger partial charge in [0.2, 0.25) is 0 Å². The lowest BCUT2D eigenvalue weighted by Crippen LogP contribution is -1.83. The quantitative estimate of drug-likeness (QED) is 0.693. The number of rotatable bonds is 3. The Hall–Kier alpha value is -1.15. The van der Waals surface area contributed by atoms with Crippen LogP contribution in [0.5, 0.6) is 0 Å². The van der Waals surface area contributed by atoms with Crippen LogP contribution in [-0.2, 0) is 4.74 Å². The lowest BCUT2D eigenvalue weighted by molar-refractivity contribution is 0.282. The number of halogens is 1. The van der Waals surface area contributed by atoms with Crippen molar-refractivity contribution in [3.05, 3.63) is 48.3 Å². The van der Waals surface area contributed by atoms with Crippen LogP contribution in [-0.4, -0.2) is 6.61 Å². The molecule has 0 aromatic heterocycles. The fourth-order valence-corrected chi connectivity index (χ4v) is 1.02. The Kier molecular flexibility index (Phi) is 3.65. The van der Waals surface area contributed by atoms with E-state index in [1.807, 2.05) is 12.2 Å². The Morgan fingerprint density at radius 2 is 2.31 bits per heavy atom. The van der Waals surface area contributed by atoms with Crippen molar-refractivity contribution >= 4 is 6.08 Å². The first-order valence-corrected chi connectivity index (χ1v) is 4.03. The molecule has 0 fully saturated rings. The summed E-state index contributed by atoms with van der Waals surface area (Å²) < 4.78 is 17.4. The maximum absolute atomic E-state index is 12.8. The Balaban J connectivity index is 2.73. The first kappa shape index (κ1) is 9.93. The first-order valence-electron chi connectivity index (χ1n) is 4.03. The zero-order valence-corrected chi connectivity index (χ0v) is 7.59. The van der Waals surface area contributed by atoms with E-state index in [1.54, 1.807) is 19.1 Å². The predicted octanol–water partition coefficient (Wildman–Crippen LogP) is 2.96. The van der Waals surface area contributed by atoms with Crippen molar-refractivity contribution < 1.29 is 9.13 Å². The second-order valence-corrected chi connectivity index (χ2v) is 2.78. The molecule has 0 atom stereocenters. The molecule has 0 aliphatic rings. The monoisotopic (exact) mass is 179 g/mol. The smallest absolute Gasteiger partial charge is 0.126 e. The number of hydrogen-bond acceptors (Lipinski definition) is 1. The summed E-state index contributed by atoms with van der Waals surface area (Å²) in [6, 6.07) is 4.97. The van der Waals surface area contributed by atoms with Crippen LogP contribution in [0.15, 0.2) is 24.3 Å². The normalized spacial score (nSPS) is 11.0. The van der Waals surface area contributed by atoms with Gasteiger partial charge in [-0.25, -0.2) is 4.39 Å².